The van der Waals surface area contributed by atoms with E-state index in [1.165, 1.54) is 27.3 Å². The fraction of sp³-hybridized carbons (Fsp3) is 0.296. The normalized spacial score (nSPS) is 13.9. The molecule has 0 unspecified atom stereocenters. The molecule has 0 atom stereocenters. The second-order valence-corrected chi connectivity index (χ2v) is 8.12. The Hall–Kier alpha value is -3.31. The Labute approximate surface area is 188 Å². The van der Waals surface area contributed by atoms with Gasteiger partial charge in [0.25, 0.3) is 0 Å². The number of pyridine rings is 1. The first-order valence-corrected chi connectivity index (χ1v) is 11.0. The maximum Gasteiger partial charge on any atom is 0.164 e. The highest BCUT2D eigenvalue weighted by Gasteiger charge is 2.26. The molecule has 5 rings (SSSR count). The molecule has 2 heterocycles. The average Bonchev–Trinajstić information content (AvgIpc) is 2.86. The predicted molar refractivity (Wildman–Crippen MR) is 129 cm³/mol. The van der Waals surface area contributed by atoms with E-state index in [1.54, 1.807) is 21.3 Å². The zero-order valence-corrected chi connectivity index (χ0v) is 19.1. The summed E-state index contributed by atoms with van der Waals surface area (Å²) in [6.45, 7) is 5.14. The van der Waals surface area contributed by atoms with Crippen molar-refractivity contribution in [2.45, 2.75) is 19.9 Å². The predicted octanol–water partition coefficient (Wildman–Crippen LogP) is 5.46. The standard InChI is InChI=1S/C27H28N2O3/c1-5-29-13-12-19-21(16-29)27(20-14-24(31-3)25(32-4)15-23(20)30-2)28-22-11-10-17-8-6-7-9-18(17)26(19)22/h6-11,14-15H,5,12-13,16H2,1-4H3. The van der Waals surface area contributed by atoms with Gasteiger partial charge in [-0.2, -0.15) is 0 Å². The second kappa shape index (κ2) is 8.32. The van der Waals surface area contributed by atoms with Crippen molar-refractivity contribution in [3.63, 3.8) is 0 Å². The quantitative estimate of drug-likeness (QED) is 0.395. The van der Waals surface area contributed by atoms with Crippen molar-refractivity contribution in [1.29, 1.82) is 0 Å². The summed E-state index contributed by atoms with van der Waals surface area (Å²) in [4.78, 5) is 7.68. The van der Waals surface area contributed by atoms with Crippen LogP contribution in [0.5, 0.6) is 17.2 Å². The molecule has 3 aromatic carbocycles. The van der Waals surface area contributed by atoms with Gasteiger partial charge in [-0.25, -0.2) is 4.98 Å². The van der Waals surface area contributed by atoms with Crippen molar-refractivity contribution in [2.24, 2.45) is 0 Å². The summed E-state index contributed by atoms with van der Waals surface area (Å²) in [7, 11) is 4.98. The minimum absolute atomic E-state index is 0.643. The molecule has 0 N–H and O–H groups in total. The molecule has 5 nitrogen and oxygen atoms in total. The van der Waals surface area contributed by atoms with Gasteiger partial charge in [0.15, 0.2) is 11.5 Å². The van der Waals surface area contributed by atoms with Crippen LogP contribution in [-0.4, -0.2) is 44.3 Å². The van der Waals surface area contributed by atoms with Crippen molar-refractivity contribution in [1.82, 2.24) is 9.88 Å². The summed E-state index contributed by atoms with van der Waals surface area (Å²) in [5.41, 5.74) is 5.56. The Morgan fingerprint density at radius 2 is 1.62 bits per heavy atom. The lowest BCUT2D eigenvalue weighted by Gasteiger charge is -2.30. The number of likely N-dealkylation sites (N-methyl/N-ethyl adjacent to an activating group) is 1. The molecule has 0 saturated carbocycles. The molecule has 0 radical (unpaired) electrons. The largest absolute Gasteiger partial charge is 0.496 e. The molecule has 0 saturated heterocycles. The lowest BCUT2D eigenvalue weighted by Crippen LogP contribution is -2.31. The van der Waals surface area contributed by atoms with Crippen molar-refractivity contribution in [3.8, 4) is 28.5 Å². The number of hydrogen-bond donors (Lipinski definition) is 0. The lowest BCUT2D eigenvalue weighted by atomic mass is 9.89. The fourth-order valence-corrected chi connectivity index (χ4v) is 4.88. The Morgan fingerprint density at radius 3 is 2.38 bits per heavy atom. The molecule has 5 heteroatoms. The van der Waals surface area contributed by atoms with E-state index < -0.39 is 0 Å². The molecule has 0 bridgehead atoms. The van der Waals surface area contributed by atoms with Gasteiger partial charge in [-0.05, 0) is 47.0 Å². The third-order valence-electron chi connectivity index (χ3n) is 6.56. The van der Waals surface area contributed by atoms with Gasteiger partial charge in [0.1, 0.15) is 5.75 Å². The minimum Gasteiger partial charge on any atom is -0.496 e. The molecule has 1 aliphatic rings. The average molecular weight is 429 g/mol. The molecule has 0 fully saturated rings. The molecule has 1 aliphatic heterocycles. The van der Waals surface area contributed by atoms with E-state index in [0.29, 0.717) is 11.5 Å². The Kier molecular flexibility index (Phi) is 5.35. The van der Waals surface area contributed by atoms with Crippen LogP contribution in [0.25, 0.3) is 32.9 Å². The van der Waals surface area contributed by atoms with Crippen LogP contribution in [0.1, 0.15) is 18.1 Å². The Morgan fingerprint density at radius 1 is 0.875 bits per heavy atom. The van der Waals surface area contributed by atoms with Gasteiger partial charge in [0.05, 0.1) is 32.5 Å². The summed E-state index contributed by atoms with van der Waals surface area (Å²) < 4.78 is 16.9. The fourth-order valence-electron chi connectivity index (χ4n) is 4.88. The molecule has 32 heavy (non-hydrogen) atoms. The number of methoxy groups -OCH3 is 3. The van der Waals surface area contributed by atoms with Gasteiger partial charge in [-0.3, -0.25) is 4.90 Å². The van der Waals surface area contributed by atoms with E-state index in [2.05, 4.69) is 48.2 Å². The molecule has 164 valence electrons. The summed E-state index contributed by atoms with van der Waals surface area (Å²) >= 11 is 0. The molecular formula is C27H28N2O3. The van der Waals surface area contributed by atoms with Crippen molar-refractivity contribution < 1.29 is 14.2 Å². The second-order valence-electron chi connectivity index (χ2n) is 8.12. The van der Waals surface area contributed by atoms with Crippen LogP contribution in [0.3, 0.4) is 0 Å². The molecule has 0 aliphatic carbocycles. The smallest absolute Gasteiger partial charge is 0.164 e. The van der Waals surface area contributed by atoms with Crippen LogP contribution >= 0.6 is 0 Å². The number of benzene rings is 3. The summed E-state index contributed by atoms with van der Waals surface area (Å²) in [6.07, 6.45) is 0.999. The van der Waals surface area contributed by atoms with E-state index in [9.17, 15) is 0 Å². The summed E-state index contributed by atoms with van der Waals surface area (Å²) in [5.74, 6) is 2.04. The maximum atomic E-state index is 5.78. The SMILES string of the molecule is CCN1CCc2c(c(-c3cc(OC)c(OC)cc3OC)nc3ccc4ccccc4c23)C1. The zero-order valence-electron chi connectivity index (χ0n) is 19.1. The number of fused-ring (bicyclic) bond motifs is 5. The monoisotopic (exact) mass is 428 g/mol. The third kappa shape index (κ3) is 3.24. The number of rotatable bonds is 5. The topological polar surface area (TPSA) is 43.8 Å². The van der Waals surface area contributed by atoms with E-state index in [1.807, 2.05) is 12.1 Å². The Bertz CT molecular complexity index is 1320. The minimum atomic E-state index is 0.643. The van der Waals surface area contributed by atoms with Crippen molar-refractivity contribution in [3.05, 3.63) is 59.7 Å². The van der Waals surface area contributed by atoms with Gasteiger partial charge in [0, 0.05) is 30.1 Å². The molecule has 0 amide bonds. The third-order valence-corrected chi connectivity index (χ3v) is 6.56. The van der Waals surface area contributed by atoms with Crippen LogP contribution in [0.4, 0.5) is 0 Å². The van der Waals surface area contributed by atoms with Crippen molar-refractivity contribution >= 4 is 21.7 Å². The van der Waals surface area contributed by atoms with Gasteiger partial charge in [-0.1, -0.05) is 37.3 Å². The van der Waals surface area contributed by atoms with E-state index in [-0.39, 0.29) is 0 Å². The first kappa shape index (κ1) is 20.6. The first-order valence-electron chi connectivity index (χ1n) is 11.0. The van der Waals surface area contributed by atoms with Crippen LogP contribution in [0.2, 0.25) is 0 Å². The molecule has 1 aromatic heterocycles. The molecule has 0 spiro atoms. The van der Waals surface area contributed by atoms with Gasteiger partial charge in [0.2, 0.25) is 0 Å². The molecular weight excluding hydrogens is 400 g/mol. The zero-order chi connectivity index (χ0) is 22.2. The highest BCUT2D eigenvalue weighted by Crippen LogP contribution is 2.44. The van der Waals surface area contributed by atoms with Crippen LogP contribution < -0.4 is 14.2 Å². The van der Waals surface area contributed by atoms with Crippen LogP contribution in [0, 0.1) is 0 Å². The van der Waals surface area contributed by atoms with Gasteiger partial charge >= 0.3 is 0 Å². The molecule has 4 aromatic rings. The highest BCUT2D eigenvalue weighted by atomic mass is 16.5. The van der Waals surface area contributed by atoms with E-state index in [0.717, 1.165) is 48.6 Å². The van der Waals surface area contributed by atoms with Crippen LogP contribution in [0.15, 0.2) is 48.5 Å². The van der Waals surface area contributed by atoms with Crippen LogP contribution in [-0.2, 0) is 13.0 Å². The summed E-state index contributed by atoms with van der Waals surface area (Å²) in [6, 6.07) is 16.8. The number of aromatic nitrogens is 1. The van der Waals surface area contributed by atoms with E-state index in [4.69, 9.17) is 19.2 Å². The number of nitrogens with zero attached hydrogens (tertiary/aromatic N) is 2. The van der Waals surface area contributed by atoms with Crippen molar-refractivity contribution in [2.75, 3.05) is 34.4 Å². The number of ether oxygens (including phenoxy) is 3. The summed E-state index contributed by atoms with van der Waals surface area (Å²) in [5, 5.41) is 3.79. The number of hydrogen-bond acceptors (Lipinski definition) is 5. The lowest BCUT2D eigenvalue weighted by molar-refractivity contribution is 0.269. The van der Waals surface area contributed by atoms with Gasteiger partial charge < -0.3 is 14.2 Å². The van der Waals surface area contributed by atoms with E-state index >= 15 is 0 Å². The highest BCUT2D eigenvalue weighted by molar-refractivity contribution is 6.09. The maximum absolute atomic E-state index is 5.78. The van der Waals surface area contributed by atoms with Gasteiger partial charge in [-0.15, -0.1) is 0 Å². The Balaban J connectivity index is 1.86. The first-order chi connectivity index (χ1) is 15.7.